The molecule has 5 nitrogen and oxygen atoms in total. The van der Waals surface area contributed by atoms with Gasteiger partial charge in [0.25, 0.3) is 0 Å². The number of hydrogen-bond donors (Lipinski definition) is 2. The van der Waals surface area contributed by atoms with Gasteiger partial charge in [0.05, 0.1) is 18.9 Å². The maximum absolute atomic E-state index is 11.8. The van der Waals surface area contributed by atoms with Crippen LogP contribution in [0.25, 0.3) is 0 Å². The van der Waals surface area contributed by atoms with Crippen molar-refractivity contribution < 1.29 is 14.3 Å². The molecule has 0 aliphatic rings. The van der Waals surface area contributed by atoms with Crippen molar-refractivity contribution in [1.82, 2.24) is 5.32 Å². The average molecular weight is 258 g/mol. The summed E-state index contributed by atoms with van der Waals surface area (Å²) in [7, 11) is 0. The number of ether oxygens (including phenoxy) is 1. The van der Waals surface area contributed by atoms with Crippen LogP contribution in [0.1, 0.15) is 40.5 Å². The molecule has 1 amide bonds. The maximum Gasteiger partial charge on any atom is 0.307 e. The number of carbonyl (C=O) groups is 2. The van der Waals surface area contributed by atoms with Crippen LogP contribution in [0.3, 0.4) is 0 Å². The van der Waals surface area contributed by atoms with E-state index in [0.717, 1.165) is 6.42 Å². The van der Waals surface area contributed by atoms with Gasteiger partial charge >= 0.3 is 5.97 Å². The van der Waals surface area contributed by atoms with E-state index in [1.165, 1.54) is 0 Å². The van der Waals surface area contributed by atoms with Gasteiger partial charge in [-0.05, 0) is 18.8 Å². The zero-order chi connectivity index (χ0) is 14.2. The van der Waals surface area contributed by atoms with Crippen molar-refractivity contribution >= 4 is 11.9 Å². The fourth-order valence-corrected chi connectivity index (χ4v) is 1.69. The summed E-state index contributed by atoms with van der Waals surface area (Å²) in [6.45, 7) is 8.96. The molecule has 1 unspecified atom stereocenters. The molecule has 0 bridgehead atoms. The van der Waals surface area contributed by atoms with Crippen molar-refractivity contribution in [3.63, 3.8) is 0 Å². The highest BCUT2D eigenvalue weighted by Gasteiger charge is 2.23. The highest BCUT2D eigenvalue weighted by molar-refractivity contribution is 5.79. The summed E-state index contributed by atoms with van der Waals surface area (Å²) in [5.41, 5.74) is 5.67. The van der Waals surface area contributed by atoms with E-state index < -0.39 is 0 Å². The second-order valence-electron chi connectivity index (χ2n) is 5.54. The normalized spacial score (nSPS) is 12.9. The summed E-state index contributed by atoms with van der Waals surface area (Å²) in [6.07, 6.45) is 0.932. The largest absolute Gasteiger partial charge is 0.466 e. The number of nitrogens with two attached hydrogens (primary N) is 1. The summed E-state index contributed by atoms with van der Waals surface area (Å²) in [6, 6.07) is 0. The molecule has 0 saturated heterocycles. The predicted octanol–water partition coefficient (Wildman–Crippen LogP) is 1.07. The Morgan fingerprint density at radius 2 is 1.94 bits per heavy atom. The van der Waals surface area contributed by atoms with Gasteiger partial charge in [0.2, 0.25) is 5.91 Å². The van der Waals surface area contributed by atoms with Gasteiger partial charge < -0.3 is 15.8 Å². The number of amides is 1. The van der Waals surface area contributed by atoms with Crippen molar-refractivity contribution in [2.24, 2.45) is 17.1 Å². The fourth-order valence-electron chi connectivity index (χ4n) is 1.69. The van der Waals surface area contributed by atoms with Gasteiger partial charge in [-0.25, -0.2) is 0 Å². The van der Waals surface area contributed by atoms with Crippen molar-refractivity contribution in [3.05, 3.63) is 0 Å². The number of nitrogens with one attached hydrogen (secondary N) is 1. The second kappa shape index (κ2) is 8.08. The van der Waals surface area contributed by atoms with E-state index in [9.17, 15) is 9.59 Å². The van der Waals surface area contributed by atoms with Crippen LogP contribution in [0.15, 0.2) is 0 Å². The number of rotatable bonds is 7. The predicted molar refractivity (Wildman–Crippen MR) is 70.9 cm³/mol. The molecule has 1 atom stereocenters. The molecule has 0 aliphatic carbocycles. The van der Waals surface area contributed by atoms with Gasteiger partial charge in [0.1, 0.15) is 0 Å². The Morgan fingerprint density at radius 1 is 1.33 bits per heavy atom. The van der Waals surface area contributed by atoms with E-state index in [-0.39, 0.29) is 29.6 Å². The molecule has 0 saturated carbocycles. The molecular weight excluding hydrogens is 232 g/mol. The van der Waals surface area contributed by atoms with Gasteiger partial charge in [-0.15, -0.1) is 0 Å². The Bertz CT molecular complexity index is 272. The van der Waals surface area contributed by atoms with Gasteiger partial charge in [-0.3, -0.25) is 9.59 Å². The van der Waals surface area contributed by atoms with E-state index in [2.05, 4.69) is 26.1 Å². The number of hydrogen-bond acceptors (Lipinski definition) is 4. The zero-order valence-electron chi connectivity index (χ0n) is 11.9. The van der Waals surface area contributed by atoms with E-state index >= 15 is 0 Å². The Kier molecular flexibility index (Phi) is 7.59. The molecule has 0 spiro atoms. The number of esters is 1. The molecule has 0 aromatic carbocycles. The molecule has 0 radical (unpaired) electrons. The monoisotopic (exact) mass is 258 g/mol. The summed E-state index contributed by atoms with van der Waals surface area (Å²) in [4.78, 5) is 22.9. The highest BCUT2D eigenvalue weighted by Crippen LogP contribution is 2.23. The van der Waals surface area contributed by atoms with Crippen molar-refractivity contribution in [2.75, 3.05) is 19.7 Å². The molecule has 3 N–H and O–H groups in total. The van der Waals surface area contributed by atoms with Crippen molar-refractivity contribution in [1.29, 1.82) is 0 Å². The molecule has 5 heteroatoms. The minimum absolute atomic E-state index is 0.0581. The third-order valence-corrected chi connectivity index (χ3v) is 2.45. The van der Waals surface area contributed by atoms with E-state index in [1.807, 2.05) is 0 Å². The molecule has 0 aromatic rings. The standard InChI is InChI=1S/C13H26N2O3/c1-5-18-11(16)6-7-15-12(17)10(9-14)8-13(2,3)4/h10H,5-9,14H2,1-4H3,(H,15,17). The lowest BCUT2D eigenvalue weighted by Gasteiger charge is -2.24. The lowest BCUT2D eigenvalue weighted by molar-refractivity contribution is -0.143. The van der Waals surface area contributed by atoms with Crippen LogP contribution in [-0.2, 0) is 14.3 Å². The van der Waals surface area contributed by atoms with Gasteiger partial charge in [-0.2, -0.15) is 0 Å². The maximum atomic E-state index is 11.8. The molecule has 0 rings (SSSR count). The minimum atomic E-state index is -0.294. The molecule has 0 aromatic heterocycles. The lowest BCUT2D eigenvalue weighted by Crippen LogP contribution is -2.38. The van der Waals surface area contributed by atoms with Crippen molar-refractivity contribution in [3.8, 4) is 0 Å². The zero-order valence-corrected chi connectivity index (χ0v) is 11.9. The first-order valence-electron chi connectivity index (χ1n) is 6.43. The molecule has 0 fully saturated rings. The summed E-state index contributed by atoms with van der Waals surface area (Å²) in [5.74, 6) is -0.582. The van der Waals surface area contributed by atoms with Crippen molar-refractivity contribution in [2.45, 2.75) is 40.5 Å². The van der Waals surface area contributed by atoms with E-state index in [0.29, 0.717) is 19.7 Å². The molecule has 18 heavy (non-hydrogen) atoms. The molecule has 0 aliphatic heterocycles. The first-order chi connectivity index (χ1) is 8.30. The lowest BCUT2D eigenvalue weighted by atomic mass is 9.84. The average Bonchev–Trinajstić information content (AvgIpc) is 2.24. The molecular formula is C13H26N2O3. The third-order valence-electron chi connectivity index (χ3n) is 2.45. The van der Waals surface area contributed by atoms with Crippen LogP contribution < -0.4 is 11.1 Å². The SMILES string of the molecule is CCOC(=O)CCNC(=O)C(CN)CC(C)(C)C. The second-order valence-corrected chi connectivity index (χ2v) is 5.54. The topological polar surface area (TPSA) is 81.4 Å². The minimum Gasteiger partial charge on any atom is -0.466 e. The third kappa shape index (κ3) is 8.06. The summed E-state index contributed by atoms with van der Waals surface area (Å²) < 4.78 is 4.78. The Hall–Kier alpha value is -1.10. The Morgan fingerprint density at radius 3 is 2.39 bits per heavy atom. The van der Waals surface area contributed by atoms with E-state index in [1.54, 1.807) is 6.92 Å². The fraction of sp³-hybridized carbons (Fsp3) is 0.846. The highest BCUT2D eigenvalue weighted by atomic mass is 16.5. The van der Waals surface area contributed by atoms with E-state index in [4.69, 9.17) is 10.5 Å². The van der Waals surface area contributed by atoms with Crippen LogP contribution in [0.5, 0.6) is 0 Å². The Labute approximate surface area is 109 Å². The quantitative estimate of drug-likeness (QED) is 0.669. The van der Waals surface area contributed by atoms with Gasteiger partial charge in [0, 0.05) is 13.1 Å². The molecule has 106 valence electrons. The molecule has 0 heterocycles. The number of carbonyl (C=O) groups excluding carboxylic acids is 2. The smallest absolute Gasteiger partial charge is 0.307 e. The Balaban J connectivity index is 4.02. The summed E-state index contributed by atoms with van der Waals surface area (Å²) >= 11 is 0. The van der Waals surface area contributed by atoms with Crippen LogP contribution in [0.2, 0.25) is 0 Å². The van der Waals surface area contributed by atoms with Gasteiger partial charge in [-0.1, -0.05) is 20.8 Å². The van der Waals surface area contributed by atoms with Crippen LogP contribution in [-0.4, -0.2) is 31.6 Å². The first-order valence-corrected chi connectivity index (χ1v) is 6.43. The summed E-state index contributed by atoms with van der Waals surface area (Å²) in [5, 5.41) is 2.73. The van der Waals surface area contributed by atoms with Gasteiger partial charge in [0.15, 0.2) is 0 Å². The van der Waals surface area contributed by atoms with Crippen LogP contribution in [0.4, 0.5) is 0 Å². The van der Waals surface area contributed by atoms with Crippen LogP contribution >= 0.6 is 0 Å². The first kappa shape index (κ1) is 16.9. The van der Waals surface area contributed by atoms with Crippen LogP contribution in [0, 0.1) is 11.3 Å².